The summed E-state index contributed by atoms with van der Waals surface area (Å²) in [4.78, 5) is 4.22. The van der Waals surface area contributed by atoms with Crippen molar-refractivity contribution in [1.82, 2.24) is 4.98 Å². The van der Waals surface area contributed by atoms with Gasteiger partial charge in [-0.05, 0) is 28.1 Å². The van der Waals surface area contributed by atoms with Crippen molar-refractivity contribution < 1.29 is 0 Å². The molecule has 0 aliphatic heterocycles. The van der Waals surface area contributed by atoms with Crippen LogP contribution in [0, 0.1) is 0 Å². The summed E-state index contributed by atoms with van der Waals surface area (Å²) in [6, 6.07) is 5.91. The molecule has 1 aromatic heterocycles. The first-order valence-electron chi connectivity index (χ1n) is 3.23. The second-order valence-corrected chi connectivity index (χ2v) is 6.43. The average Bonchev–Trinajstić information content (AvgIpc) is 2.29. The number of halogens is 2. The van der Waals surface area contributed by atoms with Gasteiger partial charge in [0.05, 0.1) is 4.47 Å². The first kappa shape index (κ1) is 8.47. The predicted molar refractivity (Wildman–Crippen MR) is 60.7 cm³/mol. The fourth-order valence-electron chi connectivity index (χ4n) is 1.03. The van der Waals surface area contributed by atoms with Crippen LogP contribution in [0.5, 0.6) is 0 Å². The molecule has 0 radical (unpaired) electrons. The third-order valence-corrected chi connectivity index (χ3v) is 5.68. The maximum absolute atomic E-state index is 5.69. The lowest BCUT2D eigenvalue weighted by Crippen LogP contribution is -1.79. The van der Waals surface area contributed by atoms with Gasteiger partial charge in [0.15, 0.2) is 0 Å². The van der Waals surface area contributed by atoms with Crippen molar-refractivity contribution in [2.24, 2.45) is 0 Å². The zero-order valence-corrected chi connectivity index (χ0v) is 9.91. The Morgan fingerprint density at radius 3 is 2.83 bits per heavy atom. The first-order chi connectivity index (χ1) is 5.70. The summed E-state index contributed by atoms with van der Waals surface area (Å²) in [6.07, 6.45) is 0. The van der Waals surface area contributed by atoms with Crippen LogP contribution in [0.3, 0.4) is 0 Å². The van der Waals surface area contributed by atoms with E-state index in [2.05, 4.69) is 35.7 Å². The molecule has 62 valence electrons. The van der Waals surface area contributed by atoms with Gasteiger partial charge in [0, 0.05) is 0 Å². The second kappa shape index (κ2) is 2.97. The van der Waals surface area contributed by atoms with Crippen molar-refractivity contribution in [2.45, 2.75) is 0 Å². The third-order valence-electron chi connectivity index (χ3n) is 1.54. The van der Waals surface area contributed by atoms with Gasteiger partial charge in [0.2, 0.25) is 4.70 Å². The molecular formula is C7H5Br2N2S+. The molecule has 2 N–H and O–H groups in total. The van der Waals surface area contributed by atoms with Gasteiger partial charge in [-0.3, -0.25) is 0 Å². The van der Waals surface area contributed by atoms with Crippen molar-refractivity contribution in [2.75, 3.05) is 5.73 Å². The minimum atomic E-state index is -0.211. The van der Waals surface area contributed by atoms with Crippen molar-refractivity contribution in [3.05, 3.63) is 22.7 Å². The molecule has 5 heteroatoms. The maximum Gasteiger partial charge on any atom is 0.350 e. The van der Waals surface area contributed by atoms with Crippen molar-refractivity contribution in [1.29, 1.82) is 0 Å². The molecule has 1 atom stereocenters. The maximum atomic E-state index is 5.69. The molecule has 2 rings (SSSR count). The number of hydrogen-bond donors (Lipinski definition) is 1. The Balaban J connectivity index is 2.97. The van der Waals surface area contributed by atoms with E-state index in [0.29, 0.717) is 5.13 Å². The molecule has 0 aliphatic rings. The topological polar surface area (TPSA) is 38.9 Å². The number of thiazole rings is 1. The Kier molecular flexibility index (Phi) is 2.10. The average molecular weight is 309 g/mol. The summed E-state index contributed by atoms with van der Waals surface area (Å²) >= 11 is 6.96. The first-order valence-corrected chi connectivity index (χ1v) is 7.09. The minimum Gasteiger partial charge on any atom is -0.338 e. The summed E-state index contributed by atoms with van der Waals surface area (Å²) in [7, 11) is -0.211. The SMILES string of the molecule is Nc1nc2cccc(Br)c2[s+]1Br. The van der Waals surface area contributed by atoms with E-state index in [0.717, 1.165) is 14.7 Å². The fourth-order valence-corrected chi connectivity index (χ4v) is 4.68. The van der Waals surface area contributed by atoms with Crippen LogP contribution in [0.1, 0.15) is 0 Å². The zero-order chi connectivity index (χ0) is 8.72. The van der Waals surface area contributed by atoms with E-state index >= 15 is 0 Å². The molecule has 12 heavy (non-hydrogen) atoms. The van der Waals surface area contributed by atoms with Crippen LogP contribution < -0.4 is 5.73 Å². The summed E-state index contributed by atoms with van der Waals surface area (Å²) < 4.78 is 2.21. The van der Waals surface area contributed by atoms with Crippen molar-refractivity contribution in [3.8, 4) is 0 Å². The van der Waals surface area contributed by atoms with Crippen LogP contribution >= 0.6 is 39.6 Å². The Labute approximate surface area is 88.1 Å². The van der Waals surface area contributed by atoms with E-state index in [4.69, 9.17) is 5.73 Å². The molecule has 0 spiro atoms. The quantitative estimate of drug-likeness (QED) is 0.757. The van der Waals surface area contributed by atoms with Crippen molar-refractivity contribution >= 4 is 55.0 Å². The van der Waals surface area contributed by atoms with Gasteiger partial charge in [-0.15, -0.1) is 0 Å². The van der Waals surface area contributed by atoms with Crippen LogP contribution in [0.15, 0.2) is 22.7 Å². The third kappa shape index (κ3) is 1.16. The van der Waals surface area contributed by atoms with E-state index in [1.165, 1.54) is 0 Å². The second-order valence-electron chi connectivity index (χ2n) is 2.29. The molecule has 2 aromatic rings. The van der Waals surface area contributed by atoms with Gasteiger partial charge in [-0.1, -0.05) is 6.07 Å². The lowest BCUT2D eigenvalue weighted by atomic mass is 10.3. The molecule has 1 heterocycles. The molecule has 1 unspecified atom stereocenters. The number of aromatic nitrogens is 1. The molecule has 2 nitrogen and oxygen atoms in total. The molecular weight excluding hydrogens is 304 g/mol. The smallest absolute Gasteiger partial charge is 0.338 e. The zero-order valence-electron chi connectivity index (χ0n) is 5.92. The highest BCUT2D eigenvalue weighted by molar-refractivity contribution is 9.35. The van der Waals surface area contributed by atoms with Crippen LogP contribution in [0.25, 0.3) is 10.2 Å². The molecule has 0 saturated heterocycles. The lowest BCUT2D eigenvalue weighted by molar-refractivity contribution is 1.49. The van der Waals surface area contributed by atoms with E-state index in [1.54, 1.807) is 0 Å². The number of fused-ring (bicyclic) bond motifs is 1. The number of nitrogen functional groups attached to an aromatic ring is 1. The number of nitrogens with two attached hydrogens (primary N) is 1. The summed E-state index contributed by atoms with van der Waals surface area (Å²) in [5, 5.41) is 0.650. The number of rotatable bonds is 0. The highest BCUT2D eigenvalue weighted by Crippen LogP contribution is 2.44. The Hall–Kier alpha value is -0.130. The van der Waals surface area contributed by atoms with E-state index in [1.807, 2.05) is 18.2 Å². The Morgan fingerprint density at radius 2 is 2.17 bits per heavy atom. The van der Waals surface area contributed by atoms with Crippen LogP contribution in [-0.2, 0) is 0 Å². The number of benzene rings is 1. The van der Waals surface area contributed by atoms with Crippen LogP contribution in [-0.4, -0.2) is 4.98 Å². The normalized spacial score (nSPS) is 12.3. The van der Waals surface area contributed by atoms with Gasteiger partial charge in [0.25, 0.3) is 14.8 Å². The van der Waals surface area contributed by atoms with Crippen LogP contribution in [0.4, 0.5) is 5.13 Å². The number of nitrogens with zero attached hydrogens (tertiary/aromatic N) is 1. The Bertz CT molecular complexity index is 438. The van der Waals surface area contributed by atoms with E-state index in [-0.39, 0.29) is 8.90 Å². The fraction of sp³-hybridized carbons (Fsp3) is 0. The molecule has 0 aliphatic carbocycles. The highest BCUT2D eigenvalue weighted by atomic mass is 79.9. The van der Waals surface area contributed by atoms with Gasteiger partial charge in [-0.2, -0.15) is 4.98 Å². The van der Waals surface area contributed by atoms with Gasteiger partial charge < -0.3 is 5.73 Å². The van der Waals surface area contributed by atoms with Gasteiger partial charge in [-0.25, -0.2) is 0 Å². The minimum absolute atomic E-state index is 0.211. The molecule has 0 fully saturated rings. The monoisotopic (exact) mass is 307 g/mol. The largest absolute Gasteiger partial charge is 0.350 e. The molecule has 0 saturated carbocycles. The highest BCUT2D eigenvalue weighted by Gasteiger charge is 2.20. The predicted octanol–water partition coefficient (Wildman–Crippen LogP) is 3.49. The van der Waals surface area contributed by atoms with E-state index in [9.17, 15) is 0 Å². The van der Waals surface area contributed by atoms with Gasteiger partial charge >= 0.3 is 5.13 Å². The Morgan fingerprint density at radius 1 is 1.42 bits per heavy atom. The van der Waals surface area contributed by atoms with Crippen molar-refractivity contribution in [3.63, 3.8) is 0 Å². The van der Waals surface area contributed by atoms with E-state index < -0.39 is 0 Å². The molecule has 0 amide bonds. The summed E-state index contributed by atoms with van der Waals surface area (Å²) in [5.41, 5.74) is 6.65. The number of hydrogen-bond acceptors (Lipinski definition) is 2. The lowest BCUT2D eigenvalue weighted by Gasteiger charge is -1.84. The standard InChI is InChI=1S/C7H5Br2N2S/c8-4-2-1-3-5-6(4)12(9)7(10)11-5/h1-3H,(H2,10,11)/q+1. The molecule has 1 aromatic carbocycles. The van der Waals surface area contributed by atoms with Gasteiger partial charge in [0.1, 0.15) is 14.4 Å². The summed E-state index contributed by atoms with van der Waals surface area (Å²) in [5.74, 6) is 0. The summed E-state index contributed by atoms with van der Waals surface area (Å²) in [6.45, 7) is 0. The molecule has 0 bridgehead atoms. The van der Waals surface area contributed by atoms with Crippen LogP contribution in [0.2, 0.25) is 0 Å². The number of anilines is 1.